The summed E-state index contributed by atoms with van der Waals surface area (Å²) in [7, 11) is 0. The van der Waals surface area contributed by atoms with Gasteiger partial charge in [-0.25, -0.2) is 0 Å². The van der Waals surface area contributed by atoms with Crippen LogP contribution in [0.25, 0.3) is 0 Å². The second-order valence-electron chi connectivity index (χ2n) is 6.25. The Kier molecular flexibility index (Phi) is 4.27. The largest absolute Gasteiger partial charge is 0.388 e. The molecule has 2 saturated heterocycles. The van der Waals surface area contributed by atoms with E-state index < -0.39 is 6.10 Å². The predicted molar refractivity (Wildman–Crippen MR) is 79.8 cm³/mol. The number of nitrogens with zero attached hydrogens (tertiary/aromatic N) is 1. The van der Waals surface area contributed by atoms with Gasteiger partial charge in [-0.1, -0.05) is 29.8 Å². The third-order valence-corrected chi connectivity index (χ3v) is 4.56. The molecule has 0 aromatic heterocycles. The Morgan fingerprint density at radius 2 is 2.14 bits per heavy atom. The molecule has 21 heavy (non-hydrogen) atoms. The average molecular weight is 289 g/mol. The van der Waals surface area contributed by atoms with Crippen LogP contribution in [-0.2, 0) is 9.53 Å². The summed E-state index contributed by atoms with van der Waals surface area (Å²) in [6, 6.07) is 7.90. The zero-order chi connectivity index (χ0) is 14.8. The molecule has 2 fully saturated rings. The van der Waals surface area contributed by atoms with Gasteiger partial charge in [-0.15, -0.1) is 0 Å². The number of hydrogen-bond acceptors (Lipinski definition) is 3. The van der Waals surface area contributed by atoms with Gasteiger partial charge in [-0.2, -0.15) is 0 Å². The molecule has 3 unspecified atom stereocenters. The van der Waals surface area contributed by atoms with E-state index in [0.29, 0.717) is 19.5 Å². The second-order valence-corrected chi connectivity index (χ2v) is 6.25. The van der Waals surface area contributed by atoms with E-state index >= 15 is 0 Å². The van der Waals surface area contributed by atoms with Gasteiger partial charge < -0.3 is 14.7 Å². The maximum atomic E-state index is 12.1. The van der Waals surface area contributed by atoms with Gasteiger partial charge in [-0.3, -0.25) is 4.79 Å². The molecule has 1 aromatic carbocycles. The smallest absolute Gasteiger partial charge is 0.223 e. The molecule has 114 valence electrons. The second kappa shape index (κ2) is 6.16. The molecule has 1 aromatic rings. The van der Waals surface area contributed by atoms with E-state index in [0.717, 1.165) is 25.0 Å². The van der Waals surface area contributed by atoms with Crippen molar-refractivity contribution in [1.29, 1.82) is 0 Å². The number of aliphatic hydroxyl groups is 1. The van der Waals surface area contributed by atoms with Crippen molar-refractivity contribution in [2.75, 3.05) is 19.7 Å². The molecule has 0 aliphatic carbocycles. The van der Waals surface area contributed by atoms with Crippen molar-refractivity contribution in [1.82, 2.24) is 4.90 Å². The van der Waals surface area contributed by atoms with E-state index in [1.807, 2.05) is 36.1 Å². The SMILES string of the molecule is Cc1ccc(C(O)C2CC(=O)N(CC3CCCO3)C2)cc1. The monoisotopic (exact) mass is 289 g/mol. The molecule has 3 rings (SSSR count). The third-order valence-electron chi connectivity index (χ3n) is 4.56. The van der Waals surface area contributed by atoms with E-state index in [-0.39, 0.29) is 17.9 Å². The lowest BCUT2D eigenvalue weighted by molar-refractivity contribution is -0.129. The van der Waals surface area contributed by atoms with Crippen molar-refractivity contribution < 1.29 is 14.6 Å². The van der Waals surface area contributed by atoms with Crippen LogP contribution in [0.15, 0.2) is 24.3 Å². The van der Waals surface area contributed by atoms with Crippen molar-refractivity contribution in [3.05, 3.63) is 35.4 Å². The van der Waals surface area contributed by atoms with Crippen LogP contribution in [0.3, 0.4) is 0 Å². The number of carbonyl (C=O) groups is 1. The first kappa shape index (κ1) is 14.5. The highest BCUT2D eigenvalue weighted by Crippen LogP contribution is 2.31. The van der Waals surface area contributed by atoms with Crippen LogP contribution in [-0.4, -0.2) is 41.7 Å². The first-order chi connectivity index (χ1) is 10.1. The van der Waals surface area contributed by atoms with Crippen LogP contribution < -0.4 is 0 Å². The van der Waals surface area contributed by atoms with Crippen molar-refractivity contribution in [2.45, 2.75) is 38.4 Å². The van der Waals surface area contributed by atoms with Crippen LogP contribution in [0.2, 0.25) is 0 Å². The lowest BCUT2D eigenvalue weighted by Gasteiger charge is -2.22. The fourth-order valence-electron chi connectivity index (χ4n) is 3.26. The Balaban J connectivity index is 1.61. The van der Waals surface area contributed by atoms with Crippen LogP contribution in [0.5, 0.6) is 0 Å². The highest BCUT2D eigenvalue weighted by molar-refractivity contribution is 5.78. The van der Waals surface area contributed by atoms with E-state index in [9.17, 15) is 9.90 Å². The summed E-state index contributed by atoms with van der Waals surface area (Å²) in [5, 5.41) is 10.5. The third kappa shape index (κ3) is 3.27. The minimum atomic E-state index is -0.566. The van der Waals surface area contributed by atoms with Gasteiger partial charge in [0, 0.05) is 32.0 Å². The Morgan fingerprint density at radius 3 is 2.81 bits per heavy atom. The average Bonchev–Trinajstić information content (AvgIpc) is 3.10. The molecule has 4 heteroatoms. The van der Waals surface area contributed by atoms with E-state index in [2.05, 4.69) is 0 Å². The minimum absolute atomic E-state index is 0.0124. The molecule has 2 aliphatic rings. The summed E-state index contributed by atoms with van der Waals surface area (Å²) in [6.45, 7) is 4.14. The van der Waals surface area contributed by atoms with Gasteiger partial charge in [-0.05, 0) is 25.3 Å². The standard InChI is InChI=1S/C17H23NO3/c1-12-4-6-13(7-5-12)17(20)14-9-16(19)18(10-14)11-15-3-2-8-21-15/h4-7,14-15,17,20H,2-3,8-11H2,1H3. The van der Waals surface area contributed by atoms with Gasteiger partial charge in [0.15, 0.2) is 0 Å². The Bertz CT molecular complexity index is 493. The highest BCUT2D eigenvalue weighted by atomic mass is 16.5. The first-order valence-corrected chi connectivity index (χ1v) is 7.77. The minimum Gasteiger partial charge on any atom is -0.388 e. The Labute approximate surface area is 125 Å². The number of hydrogen-bond donors (Lipinski definition) is 1. The quantitative estimate of drug-likeness (QED) is 0.923. The van der Waals surface area contributed by atoms with Gasteiger partial charge in [0.1, 0.15) is 0 Å². The maximum Gasteiger partial charge on any atom is 0.223 e. The fourth-order valence-corrected chi connectivity index (χ4v) is 3.26. The Morgan fingerprint density at radius 1 is 1.38 bits per heavy atom. The normalized spacial score (nSPS) is 27.3. The molecule has 2 heterocycles. The lowest BCUT2D eigenvalue weighted by Crippen LogP contribution is -2.33. The molecular weight excluding hydrogens is 266 g/mol. The van der Waals surface area contributed by atoms with Gasteiger partial charge >= 0.3 is 0 Å². The molecular formula is C17H23NO3. The molecule has 0 radical (unpaired) electrons. The maximum absolute atomic E-state index is 12.1. The van der Waals surface area contributed by atoms with Crippen molar-refractivity contribution >= 4 is 5.91 Å². The number of ether oxygens (including phenoxy) is 1. The summed E-state index contributed by atoms with van der Waals surface area (Å²) in [5.41, 5.74) is 2.07. The summed E-state index contributed by atoms with van der Waals surface area (Å²) in [5.74, 6) is 0.128. The summed E-state index contributed by atoms with van der Waals surface area (Å²) >= 11 is 0. The van der Waals surface area contributed by atoms with E-state index in [4.69, 9.17) is 4.74 Å². The van der Waals surface area contributed by atoms with Crippen LogP contribution >= 0.6 is 0 Å². The molecule has 4 nitrogen and oxygen atoms in total. The molecule has 0 spiro atoms. The number of rotatable bonds is 4. The van der Waals surface area contributed by atoms with Crippen LogP contribution in [0.4, 0.5) is 0 Å². The molecule has 0 bridgehead atoms. The van der Waals surface area contributed by atoms with Crippen LogP contribution in [0.1, 0.15) is 36.5 Å². The van der Waals surface area contributed by atoms with Gasteiger partial charge in [0.05, 0.1) is 12.2 Å². The first-order valence-electron chi connectivity index (χ1n) is 7.77. The number of aliphatic hydroxyl groups excluding tert-OH is 1. The Hall–Kier alpha value is -1.39. The molecule has 3 atom stereocenters. The summed E-state index contributed by atoms with van der Waals surface area (Å²) in [4.78, 5) is 14.0. The van der Waals surface area contributed by atoms with Crippen LogP contribution in [0, 0.1) is 12.8 Å². The number of benzene rings is 1. The molecule has 2 aliphatic heterocycles. The zero-order valence-corrected chi connectivity index (χ0v) is 12.5. The molecule has 1 amide bonds. The predicted octanol–water partition coefficient (Wildman–Crippen LogP) is 2.06. The zero-order valence-electron chi connectivity index (χ0n) is 12.5. The van der Waals surface area contributed by atoms with E-state index in [1.165, 1.54) is 5.56 Å². The van der Waals surface area contributed by atoms with Crippen molar-refractivity contribution in [3.63, 3.8) is 0 Å². The number of amides is 1. The van der Waals surface area contributed by atoms with Crippen molar-refractivity contribution in [2.24, 2.45) is 5.92 Å². The fraction of sp³-hybridized carbons (Fsp3) is 0.588. The lowest BCUT2D eigenvalue weighted by atomic mass is 9.94. The van der Waals surface area contributed by atoms with Gasteiger partial charge in [0.25, 0.3) is 0 Å². The number of carbonyl (C=O) groups excluding carboxylic acids is 1. The van der Waals surface area contributed by atoms with Gasteiger partial charge in [0.2, 0.25) is 5.91 Å². The summed E-state index contributed by atoms with van der Waals surface area (Å²) < 4.78 is 5.60. The number of aryl methyl sites for hydroxylation is 1. The molecule has 0 saturated carbocycles. The topological polar surface area (TPSA) is 49.8 Å². The number of likely N-dealkylation sites (tertiary alicyclic amines) is 1. The highest BCUT2D eigenvalue weighted by Gasteiger charge is 2.36. The van der Waals surface area contributed by atoms with Crippen molar-refractivity contribution in [3.8, 4) is 0 Å². The molecule has 1 N–H and O–H groups in total. The summed E-state index contributed by atoms with van der Waals surface area (Å²) in [6.07, 6.45) is 2.17. The van der Waals surface area contributed by atoms with E-state index in [1.54, 1.807) is 0 Å².